The normalized spacial score (nSPS) is 11.8. The maximum Gasteiger partial charge on any atom is 0.306 e. The highest BCUT2D eigenvalue weighted by Gasteiger charge is 2.16. The fourth-order valence-corrected chi connectivity index (χ4v) is 5.47. The summed E-state index contributed by atoms with van der Waals surface area (Å²) in [4.78, 5) is 14.2. The van der Waals surface area contributed by atoms with Crippen LogP contribution < -0.4 is 10.6 Å². The average molecular weight is 400 g/mol. The van der Waals surface area contributed by atoms with E-state index in [1.54, 1.807) is 0 Å². The van der Waals surface area contributed by atoms with Gasteiger partial charge in [-0.3, -0.25) is 4.79 Å². The third-order valence-corrected chi connectivity index (χ3v) is 6.92. The summed E-state index contributed by atoms with van der Waals surface area (Å²) in [6.45, 7) is 7.81. The summed E-state index contributed by atoms with van der Waals surface area (Å²) >= 11 is 0. The summed E-state index contributed by atoms with van der Waals surface area (Å²) in [7, 11) is 1.83. The molecule has 0 fully saturated rings. The second-order valence-electron chi connectivity index (χ2n) is 8.17. The van der Waals surface area contributed by atoms with Gasteiger partial charge in [0.2, 0.25) is 0 Å². The first-order chi connectivity index (χ1) is 13.3. The standard InChI is InChI=1S/C24H34NO2P/c1-24(2,3)27-23(26)17-11-12-18-25(4)19-20-28(21-13-7-5-8-14-21)22-15-9-6-10-16-22/h5-10,13-16H,11-12,17-20H2,1-4H3. The number of unbranched alkanes of at least 4 members (excludes halogenated alkanes) is 1. The van der Waals surface area contributed by atoms with Crippen LogP contribution in [0.4, 0.5) is 0 Å². The Bertz CT molecular complexity index is 658. The number of carbonyl (C=O) groups excluding carboxylic acids is 1. The Balaban J connectivity index is 1.79. The van der Waals surface area contributed by atoms with Gasteiger partial charge in [0.15, 0.2) is 0 Å². The van der Waals surface area contributed by atoms with Crippen LogP contribution in [0.25, 0.3) is 0 Å². The summed E-state index contributed by atoms with van der Waals surface area (Å²) in [6, 6.07) is 21.7. The van der Waals surface area contributed by atoms with Gasteiger partial charge in [-0.15, -0.1) is 0 Å². The molecule has 2 rings (SSSR count). The fourth-order valence-electron chi connectivity index (χ4n) is 3.05. The molecular formula is C24H34NO2P. The first-order valence-electron chi connectivity index (χ1n) is 10.1. The van der Waals surface area contributed by atoms with Crippen LogP contribution >= 0.6 is 7.92 Å². The lowest BCUT2D eigenvalue weighted by Crippen LogP contribution is -2.26. The van der Waals surface area contributed by atoms with E-state index in [0.717, 1.165) is 32.1 Å². The second-order valence-corrected chi connectivity index (χ2v) is 10.5. The van der Waals surface area contributed by atoms with Gasteiger partial charge in [0, 0.05) is 13.0 Å². The molecule has 0 unspecified atom stereocenters. The van der Waals surface area contributed by atoms with Crippen molar-refractivity contribution in [1.82, 2.24) is 4.90 Å². The Kier molecular flexibility index (Phi) is 9.15. The van der Waals surface area contributed by atoms with Crippen molar-refractivity contribution in [2.75, 3.05) is 26.3 Å². The van der Waals surface area contributed by atoms with Gasteiger partial charge in [0.1, 0.15) is 5.60 Å². The van der Waals surface area contributed by atoms with Gasteiger partial charge < -0.3 is 9.64 Å². The maximum atomic E-state index is 11.8. The molecule has 0 saturated heterocycles. The predicted molar refractivity (Wildman–Crippen MR) is 121 cm³/mol. The van der Waals surface area contributed by atoms with Crippen LogP contribution in [-0.4, -0.2) is 42.8 Å². The highest BCUT2D eigenvalue weighted by atomic mass is 31.1. The molecule has 0 aliphatic carbocycles. The molecule has 0 heterocycles. The lowest BCUT2D eigenvalue weighted by atomic mass is 10.2. The van der Waals surface area contributed by atoms with Crippen LogP contribution in [-0.2, 0) is 9.53 Å². The first-order valence-corrected chi connectivity index (χ1v) is 11.7. The third kappa shape index (κ3) is 8.54. The van der Waals surface area contributed by atoms with Gasteiger partial charge in [-0.2, -0.15) is 0 Å². The van der Waals surface area contributed by atoms with Crippen molar-refractivity contribution in [3.8, 4) is 0 Å². The minimum Gasteiger partial charge on any atom is -0.460 e. The summed E-state index contributed by atoms with van der Waals surface area (Å²) in [5, 5.41) is 2.86. The Morgan fingerprint density at radius 3 is 1.93 bits per heavy atom. The second kappa shape index (κ2) is 11.3. The lowest BCUT2D eigenvalue weighted by Gasteiger charge is -2.23. The van der Waals surface area contributed by atoms with E-state index in [9.17, 15) is 4.79 Å². The minimum atomic E-state index is -0.389. The minimum absolute atomic E-state index is 0.0909. The van der Waals surface area contributed by atoms with E-state index >= 15 is 0 Å². The zero-order chi connectivity index (χ0) is 20.4. The molecule has 0 amide bonds. The number of carbonyl (C=O) groups is 1. The molecule has 0 spiro atoms. The van der Waals surface area contributed by atoms with E-state index in [4.69, 9.17) is 4.74 Å². The van der Waals surface area contributed by atoms with Crippen molar-refractivity contribution < 1.29 is 9.53 Å². The Labute approximate surface area is 171 Å². The number of hydrogen-bond acceptors (Lipinski definition) is 3. The predicted octanol–water partition coefficient (Wildman–Crippen LogP) is 4.56. The quantitative estimate of drug-likeness (QED) is 0.333. The van der Waals surface area contributed by atoms with E-state index in [-0.39, 0.29) is 19.5 Å². The molecule has 0 radical (unpaired) electrons. The molecule has 28 heavy (non-hydrogen) atoms. The molecule has 0 aliphatic heterocycles. The molecule has 0 N–H and O–H groups in total. The van der Waals surface area contributed by atoms with Gasteiger partial charge in [-0.1, -0.05) is 60.7 Å². The summed E-state index contributed by atoms with van der Waals surface area (Å²) in [5.41, 5.74) is -0.389. The van der Waals surface area contributed by atoms with Gasteiger partial charge in [0.25, 0.3) is 0 Å². The van der Waals surface area contributed by atoms with Gasteiger partial charge >= 0.3 is 5.97 Å². The molecule has 152 valence electrons. The molecule has 0 atom stereocenters. The largest absolute Gasteiger partial charge is 0.460 e. The van der Waals surface area contributed by atoms with Crippen molar-refractivity contribution in [2.45, 2.75) is 45.6 Å². The van der Waals surface area contributed by atoms with Crippen LogP contribution in [0.3, 0.4) is 0 Å². The third-order valence-electron chi connectivity index (χ3n) is 4.43. The summed E-state index contributed by atoms with van der Waals surface area (Å²) < 4.78 is 5.37. The number of hydrogen-bond donors (Lipinski definition) is 0. The SMILES string of the molecule is CN(CCCCC(=O)OC(C)(C)C)CCP(c1ccccc1)c1ccccc1. The number of ether oxygens (including phenoxy) is 1. The highest BCUT2D eigenvalue weighted by molar-refractivity contribution is 7.73. The smallest absolute Gasteiger partial charge is 0.306 e. The fraction of sp³-hybridized carbons (Fsp3) is 0.458. The first kappa shape index (κ1) is 22.6. The molecule has 0 bridgehead atoms. The van der Waals surface area contributed by atoms with Crippen molar-refractivity contribution in [3.05, 3.63) is 60.7 Å². The summed E-state index contributed by atoms with van der Waals surface area (Å²) in [5.74, 6) is -0.0909. The van der Waals surface area contributed by atoms with Gasteiger partial charge in [-0.25, -0.2) is 0 Å². The van der Waals surface area contributed by atoms with Crippen LogP contribution in [0.1, 0.15) is 40.0 Å². The lowest BCUT2D eigenvalue weighted by molar-refractivity contribution is -0.154. The molecular weight excluding hydrogens is 365 g/mol. The molecule has 0 saturated carbocycles. The van der Waals surface area contributed by atoms with Gasteiger partial charge in [0.05, 0.1) is 0 Å². The Morgan fingerprint density at radius 2 is 1.43 bits per heavy atom. The van der Waals surface area contributed by atoms with Crippen LogP contribution in [0.5, 0.6) is 0 Å². The number of esters is 1. The van der Waals surface area contributed by atoms with Crippen molar-refractivity contribution in [3.63, 3.8) is 0 Å². The van der Waals surface area contributed by atoms with Crippen molar-refractivity contribution >= 4 is 24.5 Å². The molecule has 0 aromatic heterocycles. The average Bonchev–Trinajstić information content (AvgIpc) is 2.66. The highest BCUT2D eigenvalue weighted by Crippen LogP contribution is 2.33. The molecule has 3 nitrogen and oxygen atoms in total. The van der Waals surface area contributed by atoms with E-state index < -0.39 is 0 Å². The van der Waals surface area contributed by atoms with Crippen LogP contribution in [0.2, 0.25) is 0 Å². The van der Waals surface area contributed by atoms with E-state index in [0.29, 0.717) is 6.42 Å². The number of benzene rings is 2. The van der Waals surface area contributed by atoms with Crippen LogP contribution in [0, 0.1) is 0 Å². The Hall–Kier alpha value is -1.70. The van der Waals surface area contributed by atoms with Crippen molar-refractivity contribution in [1.29, 1.82) is 0 Å². The molecule has 2 aromatic carbocycles. The van der Waals surface area contributed by atoms with E-state index in [2.05, 4.69) is 72.6 Å². The maximum absolute atomic E-state index is 11.8. The zero-order valence-corrected chi connectivity index (χ0v) is 18.6. The number of nitrogens with zero attached hydrogens (tertiary/aromatic N) is 1. The van der Waals surface area contributed by atoms with Crippen LogP contribution in [0.15, 0.2) is 60.7 Å². The molecule has 4 heteroatoms. The number of rotatable bonds is 10. The van der Waals surface area contributed by atoms with E-state index in [1.807, 2.05) is 20.8 Å². The monoisotopic (exact) mass is 399 g/mol. The molecule has 2 aromatic rings. The van der Waals surface area contributed by atoms with Gasteiger partial charge in [-0.05, 0) is 71.9 Å². The van der Waals surface area contributed by atoms with Crippen molar-refractivity contribution in [2.24, 2.45) is 0 Å². The summed E-state index contributed by atoms with van der Waals surface area (Å²) in [6.07, 6.45) is 3.55. The topological polar surface area (TPSA) is 29.5 Å². The Morgan fingerprint density at radius 1 is 0.893 bits per heavy atom. The molecule has 0 aliphatic rings. The zero-order valence-electron chi connectivity index (χ0n) is 17.7. The van der Waals surface area contributed by atoms with E-state index in [1.165, 1.54) is 10.6 Å².